The van der Waals surface area contributed by atoms with Crippen LogP contribution in [0.15, 0.2) is 138 Å². The summed E-state index contributed by atoms with van der Waals surface area (Å²) in [5.74, 6) is 1.31. The topological polar surface area (TPSA) is 40.6 Å². The number of thioether (sulfide) groups is 1. The number of hydrogen-bond donors (Lipinski definition) is 0. The predicted octanol–water partition coefficient (Wildman–Crippen LogP) is 10.1. The van der Waals surface area contributed by atoms with Crippen LogP contribution in [0.25, 0.3) is 11.1 Å². The van der Waals surface area contributed by atoms with Gasteiger partial charge in [-0.3, -0.25) is 9.80 Å². The van der Waals surface area contributed by atoms with Crippen LogP contribution >= 0.6 is 27.7 Å². The van der Waals surface area contributed by atoms with Gasteiger partial charge in [-0.15, -0.1) is 0 Å². The highest BCUT2D eigenvalue weighted by atomic mass is 79.9. The Morgan fingerprint density at radius 2 is 1.22 bits per heavy atom. The normalized spacial score (nSPS) is 19.5. The van der Waals surface area contributed by atoms with Crippen molar-refractivity contribution >= 4 is 37.5 Å². The molecule has 0 aliphatic carbocycles. The summed E-state index contributed by atoms with van der Waals surface area (Å²) in [6.07, 6.45) is -4.42. The number of hydrogen-bond acceptors (Lipinski definition) is 5. The Morgan fingerprint density at radius 1 is 0.667 bits per heavy atom. The van der Waals surface area contributed by atoms with Crippen molar-refractivity contribution in [1.29, 1.82) is 0 Å². The molecule has 2 aliphatic rings. The van der Waals surface area contributed by atoms with Crippen LogP contribution in [0.4, 0.5) is 13.2 Å². The zero-order chi connectivity index (χ0) is 35.8. The second kappa shape index (κ2) is 16.9. The molecule has 5 aromatic rings. The van der Waals surface area contributed by atoms with Crippen molar-refractivity contribution in [2.75, 3.05) is 37.7 Å². The molecule has 0 radical (unpaired) electrons. The number of sulfone groups is 1. The lowest BCUT2D eigenvalue weighted by molar-refractivity contribution is -0.137. The van der Waals surface area contributed by atoms with Crippen molar-refractivity contribution < 1.29 is 21.6 Å². The zero-order valence-corrected chi connectivity index (χ0v) is 31.3. The molecular weight excluding hydrogens is 753 g/mol. The molecule has 2 aliphatic heterocycles. The maximum atomic E-state index is 13.3. The lowest BCUT2D eigenvalue weighted by atomic mass is 9.98. The molecule has 4 nitrogen and oxygen atoms in total. The Bertz CT molecular complexity index is 1960. The highest BCUT2D eigenvalue weighted by Gasteiger charge is 2.35. The number of rotatable bonds is 7. The largest absolute Gasteiger partial charge is 0.417 e. The van der Waals surface area contributed by atoms with Crippen molar-refractivity contribution in [3.63, 3.8) is 0 Å². The molecule has 2 unspecified atom stereocenters. The van der Waals surface area contributed by atoms with Gasteiger partial charge in [0, 0.05) is 54.7 Å². The minimum Gasteiger partial charge on any atom is -0.297 e. The van der Waals surface area contributed by atoms with Gasteiger partial charge in [0.1, 0.15) is 0 Å². The molecule has 0 N–H and O–H groups in total. The highest BCUT2D eigenvalue weighted by molar-refractivity contribution is 9.10. The number of alkyl halides is 3. The molecule has 0 bridgehead atoms. The van der Waals surface area contributed by atoms with Gasteiger partial charge in [0.25, 0.3) is 0 Å². The fourth-order valence-corrected chi connectivity index (χ4v) is 9.94. The summed E-state index contributed by atoms with van der Waals surface area (Å²) in [4.78, 5) is 4.65. The Balaban J connectivity index is 0.000000193. The molecule has 0 aromatic heterocycles. The highest BCUT2D eigenvalue weighted by Crippen LogP contribution is 2.37. The van der Waals surface area contributed by atoms with Crippen LogP contribution in [0.5, 0.6) is 0 Å². The number of halogens is 4. The van der Waals surface area contributed by atoms with Gasteiger partial charge in [-0.05, 0) is 51.6 Å². The first-order valence-corrected chi connectivity index (χ1v) is 20.5. The van der Waals surface area contributed by atoms with E-state index in [4.69, 9.17) is 0 Å². The molecule has 266 valence electrons. The van der Waals surface area contributed by atoms with Gasteiger partial charge in [-0.25, -0.2) is 8.42 Å². The third-order valence-corrected chi connectivity index (χ3v) is 13.1. The van der Waals surface area contributed by atoms with E-state index in [9.17, 15) is 21.6 Å². The van der Waals surface area contributed by atoms with E-state index in [0.717, 1.165) is 34.8 Å². The van der Waals surface area contributed by atoms with Crippen molar-refractivity contribution in [2.45, 2.75) is 29.8 Å². The van der Waals surface area contributed by atoms with Crippen LogP contribution < -0.4 is 0 Å². The Kier molecular flexibility index (Phi) is 12.4. The summed E-state index contributed by atoms with van der Waals surface area (Å²) in [5, 5.41) is 0.0424. The molecule has 10 heteroatoms. The Morgan fingerprint density at radius 3 is 1.84 bits per heavy atom. The maximum absolute atomic E-state index is 13.3. The summed E-state index contributed by atoms with van der Waals surface area (Å²) in [6, 6.07) is 41.3. The summed E-state index contributed by atoms with van der Waals surface area (Å²) >= 11 is 5.58. The molecule has 0 spiro atoms. The van der Waals surface area contributed by atoms with E-state index in [-0.39, 0.29) is 11.3 Å². The lowest BCUT2D eigenvalue weighted by Gasteiger charge is -2.33. The second-order valence-electron chi connectivity index (χ2n) is 12.9. The van der Waals surface area contributed by atoms with E-state index in [0.29, 0.717) is 30.4 Å². The summed E-state index contributed by atoms with van der Waals surface area (Å²) in [5.41, 5.74) is 4.56. The minimum absolute atomic E-state index is 0.0869. The van der Waals surface area contributed by atoms with Gasteiger partial charge >= 0.3 is 6.18 Å². The van der Waals surface area contributed by atoms with Gasteiger partial charge in [0.2, 0.25) is 0 Å². The first-order valence-electron chi connectivity index (χ1n) is 16.9. The van der Waals surface area contributed by atoms with E-state index in [2.05, 4.69) is 92.1 Å². The Labute approximate surface area is 311 Å². The van der Waals surface area contributed by atoms with Gasteiger partial charge in [-0.2, -0.15) is 24.9 Å². The summed E-state index contributed by atoms with van der Waals surface area (Å²) in [7, 11) is -3.21. The second-order valence-corrected chi connectivity index (χ2v) is 17.4. The third kappa shape index (κ3) is 10.1. The maximum Gasteiger partial charge on any atom is 0.417 e. The standard InChI is InChI=1S/C24H22F3NO2S.C17H18BrNS/c25-24(26,27)22-9-5-4-8-21(22)19-12-10-18(11-13-19)16-28-14-15-31(29,30)23(17-28)20-6-2-1-3-7-20;18-16-8-6-14(7-9-16)12-19-10-11-20-17(13-19)15-4-2-1-3-5-15/h1-13,23H,14-17H2;1-9,17H,10-13H2. The van der Waals surface area contributed by atoms with Crippen LogP contribution in [-0.2, 0) is 29.1 Å². The quantitative estimate of drug-likeness (QED) is 0.164. The molecular formula is C41H40BrF3N2O2S2. The number of benzene rings is 5. The van der Waals surface area contributed by atoms with E-state index in [1.165, 1.54) is 35.6 Å². The van der Waals surface area contributed by atoms with Gasteiger partial charge in [-0.1, -0.05) is 131 Å². The average molecular weight is 794 g/mol. The molecule has 2 heterocycles. The number of nitrogens with zero attached hydrogens (tertiary/aromatic N) is 2. The van der Waals surface area contributed by atoms with Crippen LogP contribution in [-0.4, -0.2) is 55.9 Å². The van der Waals surface area contributed by atoms with Gasteiger partial charge < -0.3 is 0 Å². The van der Waals surface area contributed by atoms with Crippen molar-refractivity contribution in [1.82, 2.24) is 9.80 Å². The molecule has 0 saturated carbocycles. The summed E-state index contributed by atoms with van der Waals surface area (Å²) < 4.78 is 66.2. The van der Waals surface area contributed by atoms with Crippen LogP contribution in [0.3, 0.4) is 0 Å². The van der Waals surface area contributed by atoms with E-state index in [1.54, 1.807) is 18.2 Å². The smallest absolute Gasteiger partial charge is 0.297 e. The molecule has 2 fully saturated rings. The Hall–Kier alpha value is -3.41. The van der Waals surface area contributed by atoms with E-state index >= 15 is 0 Å². The monoisotopic (exact) mass is 792 g/mol. The van der Waals surface area contributed by atoms with Crippen molar-refractivity contribution in [2.24, 2.45) is 0 Å². The third-order valence-electron chi connectivity index (χ3n) is 9.27. The minimum atomic E-state index is -4.42. The van der Waals surface area contributed by atoms with Crippen LogP contribution in [0.1, 0.15) is 38.3 Å². The molecule has 5 aromatic carbocycles. The van der Waals surface area contributed by atoms with Gasteiger partial charge in [0.05, 0.1) is 16.6 Å². The summed E-state index contributed by atoms with van der Waals surface area (Å²) in [6.45, 7) is 4.75. The fraction of sp³-hybridized carbons (Fsp3) is 0.268. The van der Waals surface area contributed by atoms with E-state index in [1.807, 2.05) is 42.5 Å². The average Bonchev–Trinajstić information content (AvgIpc) is 3.14. The molecule has 2 atom stereocenters. The zero-order valence-electron chi connectivity index (χ0n) is 28.1. The molecule has 51 heavy (non-hydrogen) atoms. The van der Waals surface area contributed by atoms with Crippen molar-refractivity contribution in [3.8, 4) is 11.1 Å². The van der Waals surface area contributed by atoms with E-state index < -0.39 is 26.8 Å². The molecule has 2 saturated heterocycles. The molecule has 0 amide bonds. The van der Waals surface area contributed by atoms with Gasteiger partial charge in [0.15, 0.2) is 9.84 Å². The van der Waals surface area contributed by atoms with Crippen molar-refractivity contribution in [3.05, 3.63) is 166 Å². The van der Waals surface area contributed by atoms with Crippen LogP contribution in [0, 0.1) is 0 Å². The van der Waals surface area contributed by atoms with Crippen LogP contribution in [0.2, 0.25) is 0 Å². The predicted molar refractivity (Wildman–Crippen MR) is 206 cm³/mol. The SMILES string of the molecule is Brc1ccc(CN2CCSC(c3ccccc3)C2)cc1.O=S1(=O)CCN(Cc2ccc(-c3ccccc3C(F)(F)F)cc2)CC1c1ccccc1. The first kappa shape index (κ1) is 37.4. The first-order chi connectivity index (χ1) is 24.5. The fourth-order valence-electron chi connectivity index (χ4n) is 6.56. The lowest BCUT2D eigenvalue weighted by Crippen LogP contribution is -2.41. The molecule has 7 rings (SSSR count).